The molecular formula is C16H15ClN2O3S. The molecule has 2 amide bonds. The molecule has 120 valence electrons. The molecule has 0 atom stereocenters. The lowest BCUT2D eigenvalue weighted by atomic mass is 9.99. The van der Waals surface area contributed by atoms with Crippen LogP contribution < -0.4 is 5.32 Å². The molecule has 1 aliphatic heterocycles. The van der Waals surface area contributed by atoms with Crippen molar-refractivity contribution in [1.82, 2.24) is 4.90 Å². The minimum Gasteiger partial charge on any atom is -0.453 e. The van der Waals surface area contributed by atoms with E-state index < -0.39 is 0 Å². The third-order valence-electron chi connectivity index (χ3n) is 3.71. The summed E-state index contributed by atoms with van der Waals surface area (Å²) in [6.45, 7) is 1.12. The lowest BCUT2D eigenvalue weighted by molar-refractivity contribution is 0.103. The van der Waals surface area contributed by atoms with Crippen molar-refractivity contribution in [3.63, 3.8) is 0 Å². The molecule has 2 aromatic rings. The minimum absolute atomic E-state index is 0.192. The maximum atomic E-state index is 12.2. The van der Waals surface area contributed by atoms with Gasteiger partial charge in [-0.1, -0.05) is 17.7 Å². The molecule has 7 heteroatoms. The van der Waals surface area contributed by atoms with E-state index >= 15 is 0 Å². The predicted molar refractivity (Wildman–Crippen MR) is 90.2 cm³/mol. The molecule has 1 aliphatic rings. The molecular weight excluding hydrogens is 336 g/mol. The van der Waals surface area contributed by atoms with Gasteiger partial charge in [0.15, 0.2) is 0 Å². The van der Waals surface area contributed by atoms with Gasteiger partial charge in [-0.25, -0.2) is 4.79 Å². The van der Waals surface area contributed by atoms with Gasteiger partial charge in [-0.2, -0.15) is 0 Å². The maximum absolute atomic E-state index is 12.2. The van der Waals surface area contributed by atoms with Crippen molar-refractivity contribution >= 4 is 40.6 Å². The van der Waals surface area contributed by atoms with E-state index in [0.717, 1.165) is 12.0 Å². The van der Waals surface area contributed by atoms with Gasteiger partial charge in [-0.15, -0.1) is 11.3 Å². The monoisotopic (exact) mass is 350 g/mol. The van der Waals surface area contributed by atoms with Crippen LogP contribution in [0.3, 0.4) is 0 Å². The number of rotatable bonds is 2. The normalized spacial score (nSPS) is 13.4. The largest absolute Gasteiger partial charge is 0.453 e. The van der Waals surface area contributed by atoms with Crippen molar-refractivity contribution < 1.29 is 14.3 Å². The first kappa shape index (κ1) is 15.8. The fraction of sp³-hybridized carbons (Fsp3) is 0.250. The summed E-state index contributed by atoms with van der Waals surface area (Å²) in [5, 5.41) is 2.86. The Morgan fingerprint density at radius 2 is 2.09 bits per heavy atom. The van der Waals surface area contributed by atoms with Crippen LogP contribution in [-0.4, -0.2) is 30.6 Å². The van der Waals surface area contributed by atoms with Crippen molar-refractivity contribution in [2.24, 2.45) is 0 Å². The van der Waals surface area contributed by atoms with Gasteiger partial charge < -0.3 is 15.0 Å². The highest BCUT2D eigenvalue weighted by Crippen LogP contribution is 2.25. The Bertz CT molecular complexity index is 760. The van der Waals surface area contributed by atoms with Crippen LogP contribution in [-0.2, 0) is 17.7 Å². The maximum Gasteiger partial charge on any atom is 0.409 e. The summed E-state index contributed by atoms with van der Waals surface area (Å²) >= 11 is 7.09. The smallest absolute Gasteiger partial charge is 0.409 e. The van der Waals surface area contributed by atoms with E-state index in [0.29, 0.717) is 28.0 Å². The van der Waals surface area contributed by atoms with Gasteiger partial charge in [0, 0.05) is 18.8 Å². The van der Waals surface area contributed by atoms with E-state index in [2.05, 4.69) is 5.32 Å². The summed E-state index contributed by atoms with van der Waals surface area (Å²) in [4.78, 5) is 26.0. The number of thiophene rings is 1. The predicted octanol–water partition coefficient (Wildman–Crippen LogP) is 3.78. The molecule has 23 heavy (non-hydrogen) atoms. The third-order valence-corrected chi connectivity index (χ3v) is 4.94. The Morgan fingerprint density at radius 1 is 1.26 bits per heavy atom. The number of carbonyl (C=O) groups is 2. The number of hydrogen-bond acceptors (Lipinski definition) is 4. The number of nitrogens with zero attached hydrogens (tertiary/aromatic N) is 1. The van der Waals surface area contributed by atoms with Gasteiger partial charge in [0.1, 0.15) is 0 Å². The van der Waals surface area contributed by atoms with Gasteiger partial charge >= 0.3 is 6.09 Å². The summed E-state index contributed by atoms with van der Waals surface area (Å²) in [5.41, 5.74) is 2.90. The number of nitrogens with one attached hydrogen (secondary N) is 1. The number of halogens is 1. The van der Waals surface area contributed by atoms with Crippen LogP contribution in [0.4, 0.5) is 10.5 Å². The van der Waals surface area contributed by atoms with Crippen molar-refractivity contribution in [1.29, 1.82) is 0 Å². The molecule has 0 aliphatic carbocycles. The highest BCUT2D eigenvalue weighted by atomic mass is 35.5. The van der Waals surface area contributed by atoms with E-state index in [9.17, 15) is 9.59 Å². The topological polar surface area (TPSA) is 58.6 Å². The van der Waals surface area contributed by atoms with E-state index in [-0.39, 0.29) is 12.0 Å². The molecule has 0 saturated carbocycles. The fourth-order valence-corrected chi connectivity index (χ4v) is 3.49. The summed E-state index contributed by atoms with van der Waals surface area (Å²) in [7, 11) is 1.38. The van der Waals surface area contributed by atoms with E-state index in [1.165, 1.54) is 24.0 Å². The van der Waals surface area contributed by atoms with E-state index in [1.807, 2.05) is 18.2 Å². The zero-order chi connectivity index (χ0) is 16.4. The molecule has 3 rings (SSSR count). The molecule has 1 N–H and O–H groups in total. The molecule has 0 fully saturated rings. The molecule has 1 aromatic heterocycles. The second-order valence-corrected chi connectivity index (χ2v) is 6.90. The number of methoxy groups -OCH3 is 1. The number of carbonyl (C=O) groups excluding carboxylic acids is 2. The number of hydrogen-bond donors (Lipinski definition) is 1. The fourth-order valence-electron chi connectivity index (χ4n) is 2.55. The molecule has 5 nitrogen and oxygen atoms in total. The lowest BCUT2D eigenvalue weighted by Crippen LogP contribution is -2.35. The molecule has 0 bridgehead atoms. The Labute approximate surface area is 142 Å². The SMILES string of the molecule is COC(=O)N1CCc2ccc(NC(=O)c3ccc(Cl)s3)cc2C1. The van der Waals surface area contributed by atoms with Crippen LogP contribution in [0, 0.1) is 0 Å². The van der Waals surface area contributed by atoms with Gasteiger partial charge in [-0.05, 0) is 41.8 Å². The van der Waals surface area contributed by atoms with Gasteiger partial charge in [0.2, 0.25) is 0 Å². The first-order valence-corrected chi connectivity index (χ1v) is 8.27. The van der Waals surface area contributed by atoms with Crippen LogP contribution in [0.2, 0.25) is 4.34 Å². The van der Waals surface area contributed by atoms with Crippen molar-refractivity contribution in [2.75, 3.05) is 19.0 Å². The van der Waals surface area contributed by atoms with Crippen LogP contribution in [0.5, 0.6) is 0 Å². The van der Waals surface area contributed by atoms with Gasteiger partial charge in [0.25, 0.3) is 5.91 Å². The van der Waals surface area contributed by atoms with Crippen LogP contribution in [0.25, 0.3) is 0 Å². The molecule has 1 aromatic carbocycles. The average molecular weight is 351 g/mol. The number of fused-ring (bicyclic) bond motifs is 1. The summed E-state index contributed by atoms with van der Waals surface area (Å²) in [6.07, 6.45) is 0.442. The van der Waals surface area contributed by atoms with Crippen LogP contribution >= 0.6 is 22.9 Å². The highest BCUT2D eigenvalue weighted by Gasteiger charge is 2.21. The first-order valence-electron chi connectivity index (χ1n) is 7.08. The Kier molecular flexibility index (Phi) is 4.54. The standard InChI is InChI=1S/C16H15ClN2O3S/c1-22-16(21)19-7-6-10-2-3-12(8-11(10)9-19)18-15(20)13-4-5-14(17)23-13/h2-5,8H,6-7,9H2,1H3,(H,18,20). The number of anilines is 1. The summed E-state index contributed by atoms with van der Waals surface area (Å²) < 4.78 is 5.34. The first-order chi connectivity index (χ1) is 11.1. The summed E-state index contributed by atoms with van der Waals surface area (Å²) in [6, 6.07) is 9.15. The average Bonchev–Trinajstić information content (AvgIpc) is 3.00. The second kappa shape index (κ2) is 6.60. The zero-order valence-corrected chi connectivity index (χ0v) is 14.0. The molecule has 0 saturated heterocycles. The molecule has 0 radical (unpaired) electrons. The minimum atomic E-state index is -0.335. The molecule has 0 unspecified atom stereocenters. The number of amides is 2. The zero-order valence-electron chi connectivity index (χ0n) is 12.5. The number of ether oxygens (including phenoxy) is 1. The second-order valence-electron chi connectivity index (χ2n) is 5.18. The third kappa shape index (κ3) is 3.48. The Hall–Kier alpha value is -2.05. The molecule has 0 spiro atoms. The van der Waals surface area contributed by atoms with Crippen LogP contribution in [0.1, 0.15) is 20.8 Å². The lowest BCUT2D eigenvalue weighted by Gasteiger charge is -2.28. The van der Waals surface area contributed by atoms with Gasteiger partial charge in [0.05, 0.1) is 16.3 Å². The Morgan fingerprint density at radius 3 is 2.78 bits per heavy atom. The van der Waals surface area contributed by atoms with E-state index in [1.54, 1.807) is 17.0 Å². The van der Waals surface area contributed by atoms with E-state index in [4.69, 9.17) is 16.3 Å². The quantitative estimate of drug-likeness (QED) is 0.896. The van der Waals surface area contributed by atoms with Crippen molar-refractivity contribution in [3.05, 3.63) is 50.7 Å². The van der Waals surface area contributed by atoms with Crippen LogP contribution in [0.15, 0.2) is 30.3 Å². The summed E-state index contributed by atoms with van der Waals surface area (Å²) in [5.74, 6) is -0.192. The highest BCUT2D eigenvalue weighted by molar-refractivity contribution is 7.18. The van der Waals surface area contributed by atoms with Crippen molar-refractivity contribution in [2.45, 2.75) is 13.0 Å². The van der Waals surface area contributed by atoms with Gasteiger partial charge in [-0.3, -0.25) is 4.79 Å². The number of benzene rings is 1. The Balaban J connectivity index is 1.75. The van der Waals surface area contributed by atoms with Crippen molar-refractivity contribution in [3.8, 4) is 0 Å². The molecule has 2 heterocycles.